The summed E-state index contributed by atoms with van der Waals surface area (Å²) >= 11 is 1.91. The molecule has 4 nitrogen and oxygen atoms in total. The van der Waals surface area contributed by atoms with E-state index in [0.717, 1.165) is 13.1 Å². The van der Waals surface area contributed by atoms with Gasteiger partial charge in [-0.05, 0) is 88.1 Å². The van der Waals surface area contributed by atoms with Crippen LogP contribution in [0.2, 0.25) is 0 Å². The number of piperidine rings is 1. The number of likely N-dealkylation sites (tertiary alicyclic amines) is 1. The van der Waals surface area contributed by atoms with Gasteiger partial charge >= 0.3 is 0 Å². The lowest BCUT2D eigenvalue weighted by Crippen LogP contribution is -2.50. The van der Waals surface area contributed by atoms with Crippen LogP contribution >= 0.6 is 11.3 Å². The highest BCUT2D eigenvalue weighted by molar-refractivity contribution is 7.10. The molecule has 0 unspecified atom stereocenters. The normalized spacial score (nSPS) is 17.2. The van der Waals surface area contributed by atoms with Gasteiger partial charge in [-0.25, -0.2) is 0 Å². The average Bonchev–Trinajstić information content (AvgIpc) is 3.45. The largest absolute Gasteiger partial charge is 0.361 e. The fourth-order valence-corrected chi connectivity index (χ4v) is 6.30. The molecule has 4 rings (SSSR count). The lowest BCUT2D eigenvalue weighted by molar-refractivity contribution is 0.0552. The maximum Gasteiger partial charge on any atom is 0.0573 e. The first-order valence-electron chi connectivity index (χ1n) is 12.1. The van der Waals surface area contributed by atoms with Crippen molar-refractivity contribution in [3.05, 3.63) is 57.9 Å². The summed E-state index contributed by atoms with van der Waals surface area (Å²) in [5, 5.41) is 3.59. The van der Waals surface area contributed by atoms with Crippen molar-refractivity contribution in [3.63, 3.8) is 0 Å². The van der Waals surface area contributed by atoms with Gasteiger partial charge in [0.15, 0.2) is 0 Å². The SMILES string of the molecule is CC(C)c1ccc2c(CN(C)CCCN3CCC(c4cccs4)(N(C)C)CC3)c[nH]c2c1. The maximum atomic E-state index is 3.49. The summed E-state index contributed by atoms with van der Waals surface area (Å²) < 4.78 is 0. The van der Waals surface area contributed by atoms with E-state index in [0.29, 0.717) is 5.92 Å². The molecular formula is C27H40N4S. The predicted molar refractivity (Wildman–Crippen MR) is 139 cm³/mol. The van der Waals surface area contributed by atoms with Crippen molar-refractivity contribution in [3.8, 4) is 0 Å². The van der Waals surface area contributed by atoms with Crippen LogP contribution in [0.3, 0.4) is 0 Å². The molecule has 32 heavy (non-hydrogen) atoms. The Hall–Kier alpha value is -1.66. The molecule has 1 N–H and O–H groups in total. The summed E-state index contributed by atoms with van der Waals surface area (Å²) in [5.41, 5.74) is 4.30. The number of benzene rings is 1. The molecule has 3 aromatic rings. The van der Waals surface area contributed by atoms with Crippen LogP contribution in [0.5, 0.6) is 0 Å². The zero-order chi connectivity index (χ0) is 22.7. The Bertz CT molecular complexity index is 980. The third-order valence-electron chi connectivity index (χ3n) is 7.43. The van der Waals surface area contributed by atoms with Crippen LogP contribution in [0.4, 0.5) is 0 Å². The molecular weight excluding hydrogens is 412 g/mol. The van der Waals surface area contributed by atoms with Gasteiger partial charge in [0.25, 0.3) is 0 Å². The van der Waals surface area contributed by atoms with Gasteiger partial charge in [0.05, 0.1) is 5.54 Å². The van der Waals surface area contributed by atoms with Crippen molar-refractivity contribution >= 4 is 22.2 Å². The summed E-state index contributed by atoms with van der Waals surface area (Å²) in [6, 6.07) is 11.4. The van der Waals surface area contributed by atoms with Gasteiger partial charge in [0.1, 0.15) is 0 Å². The van der Waals surface area contributed by atoms with Gasteiger partial charge < -0.3 is 14.8 Å². The van der Waals surface area contributed by atoms with Crippen molar-refractivity contribution in [1.29, 1.82) is 0 Å². The number of hydrogen-bond donors (Lipinski definition) is 1. The molecule has 0 amide bonds. The molecule has 0 atom stereocenters. The molecule has 0 bridgehead atoms. The van der Waals surface area contributed by atoms with E-state index in [2.05, 4.69) is 96.6 Å². The Morgan fingerprint density at radius 3 is 2.56 bits per heavy atom. The molecule has 2 aromatic heterocycles. The van der Waals surface area contributed by atoms with Gasteiger partial charge in [0, 0.05) is 41.6 Å². The summed E-state index contributed by atoms with van der Waals surface area (Å²) in [6.07, 6.45) is 5.87. The molecule has 174 valence electrons. The zero-order valence-electron chi connectivity index (χ0n) is 20.5. The molecule has 1 fully saturated rings. The monoisotopic (exact) mass is 452 g/mol. The number of thiophene rings is 1. The predicted octanol–water partition coefficient (Wildman–Crippen LogP) is 5.73. The van der Waals surface area contributed by atoms with Gasteiger partial charge in [-0.15, -0.1) is 11.3 Å². The zero-order valence-corrected chi connectivity index (χ0v) is 21.3. The van der Waals surface area contributed by atoms with E-state index in [1.54, 1.807) is 0 Å². The van der Waals surface area contributed by atoms with Crippen molar-refractivity contribution in [2.45, 2.75) is 51.1 Å². The molecule has 0 radical (unpaired) electrons. The van der Waals surface area contributed by atoms with Crippen molar-refractivity contribution in [2.24, 2.45) is 0 Å². The molecule has 5 heteroatoms. The smallest absolute Gasteiger partial charge is 0.0573 e. The molecule has 1 aliphatic rings. The van der Waals surface area contributed by atoms with E-state index in [1.807, 2.05) is 11.3 Å². The molecule has 0 spiro atoms. The van der Waals surface area contributed by atoms with E-state index in [1.165, 1.54) is 65.8 Å². The first-order valence-corrected chi connectivity index (χ1v) is 13.0. The first-order chi connectivity index (χ1) is 15.4. The summed E-state index contributed by atoms with van der Waals surface area (Å²) in [5.74, 6) is 0.566. The molecule has 3 heterocycles. The van der Waals surface area contributed by atoms with Crippen molar-refractivity contribution in [2.75, 3.05) is 47.3 Å². The van der Waals surface area contributed by atoms with Crippen LogP contribution in [-0.4, -0.2) is 67.0 Å². The third-order valence-corrected chi connectivity index (χ3v) is 8.49. The highest BCUT2D eigenvalue weighted by Crippen LogP contribution is 2.39. The first kappa shape index (κ1) is 23.5. The van der Waals surface area contributed by atoms with E-state index < -0.39 is 0 Å². The van der Waals surface area contributed by atoms with Crippen LogP contribution in [0.15, 0.2) is 41.9 Å². The standard InChI is InChI=1S/C27H40N4S/c1-21(2)22-9-10-24-23(19-28-25(24)18-22)20-30(5)13-7-14-31-15-11-27(12-16-31,29(3)4)26-8-6-17-32-26/h6,8-10,17-19,21,28H,7,11-16,20H2,1-5H3. The minimum absolute atomic E-state index is 0.228. The second-order valence-corrected chi connectivity index (χ2v) is 11.1. The second kappa shape index (κ2) is 10.1. The Labute approximate surface area is 198 Å². The fourth-order valence-electron chi connectivity index (χ4n) is 5.23. The number of nitrogens with one attached hydrogen (secondary N) is 1. The molecule has 1 aliphatic heterocycles. The minimum Gasteiger partial charge on any atom is -0.361 e. The quantitative estimate of drug-likeness (QED) is 0.449. The Morgan fingerprint density at radius 2 is 1.91 bits per heavy atom. The van der Waals surface area contributed by atoms with Crippen LogP contribution in [0, 0.1) is 0 Å². The number of aromatic nitrogens is 1. The average molecular weight is 453 g/mol. The van der Waals surface area contributed by atoms with E-state index in [-0.39, 0.29) is 5.54 Å². The van der Waals surface area contributed by atoms with Gasteiger partial charge in [0.2, 0.25) is 0 Å². The molecule has 0 saturated carbocycles. The number of fused-ring (bicyclic) bond motifs is 1. The number of nitrogens with zero attached hydrogens (tertiary/aromatic N) is 3. The van der Waals surface area contributed by atoms with Gasteiger partial charge in [-0.2, -0.15) is 0 Å². The highest BCUT2D eigenvalue weighted by atomic mass is 32.1. The van der Waals surface area contributed by atoms with Crippen molar-refractivity contribution < 1.29 is 0 Å². The number of hydrogen-bond acceptors (Lipinski definition) is 4. The van der Waals surface area contributed by atoms with Gasteiger partial charge in [-0.1, -0.05) is 32.0 Å². The Morgan fingerprint density at radius 1 is 1.12 bits per heavy atom. The van der Waals surface area contributed by atoms with Crippen molar-refractivity contribution in [1.82, 2.24) is 19.7 Å². The van der Waals surface area contributed by atoms with Crippen LogP contribution in [0.1, 0.15) is 55.0 Å². The van der Waals surface area contributed by atoms with Crippen LogP contribution in [-0.2, 0) is 12.1 Å². The Kier molecular flexibility index (Phi) is 7.40. The number of H-pyrrole nitrogens is 1. The molecule has 0 aliphatic carbocycles. The molecule has 1 saturated heterocycles. The van der Waals surface area contributed by atoms with Gasteiger partial charge in [-0.3, -0.25) is 4.90 Å². The topological polar surface area (TPSA) is 25.5 Å². The van der Waals surface area contributed by atoms with Crippen LogP contribution < -0.4 is 0 Å². The van der Waals surface area contributed by atoms with Crippen LogP contribution in [0.25, 0.3) is 10.9 Å². The fraction of sp³-hybridized carbons (Fsp3) is 0.556. The maximum absolute atomic E-state index is 3.49. The lowest BCUT2D eigenvalue weighted by atomic mass is 9.84. The second-order valence-electron chi connectivity index (χ2n) is 10.1. The lowest BCUT2D eigenvalue weighted by Gasteiger charge is -2.46. The summed E-state index contributed by atoms with van der Waals surface area (Å²) in [4.78, 5) is 12.6. The minimum atomic E-state index is 0.228. The van der Waals surface area contributed by atoms with E-state index >= 15 is 0 Å². The number of aromatic amines is 1. The third kappa shape index (κ3) is 4.96. The summed E-state index contributed by atoms with van der Waals surface area (Å²) in [7, 11) is 6.75. The Balaban J connectivity index is 1.25. The number of rotatable bonds is 9. The van der Waals surface area contributed by atoms with E-state index in [4.69, 9.17) is 0 Å². The molecule has 1 aromatic carbocycles. The summed E-state index contributed by atoms with van der Waals surface area (Å²) in [6.45, 7) is 10.2. The highest BCUT2D eigenvalue weighted by Gasteiger charge is 2.38. The van der Waals surface area contributed by atoms with E-state index in [9.17, 15) is 0 Å².